The molecule has 1 saturated carbocycles. The second kappa shape index (κ2) is 10.1. The first-order chi connectivity index (χ1) is 15.1. The average molecular weight is 424 g/mol. The minimum absolute atomic E-state index is 0.0130. The minimum Gasteiger partial charge on any atom is -0.351 e. The highest BCUT2D eigenvalue weighted by Gasteiger charge is 2.37. The number of halogens is 1. The summed E-state index contributed by atoms with van der Waals surface area (Å²) in [6.07, 6.45) is 4.43. The zero-order valence-electron chi connectivity index (χ0n) is 17.8. The number of carbonyl (C=O) groups excluding carboxylic acids is 2. The predicted molar refractivity (Wildman–Crippen MR) is 118 cm³/mol. The standard InChI is InChI=1S/C25H30FN3O2/c26-22-12-6-7-19(17-22)18-27-24(30)23(20-8-4-5-9-20)28-13-15-29(16-14-28)25(31)21-10-2-1-3-11-21/h1-3,6-7,10-12,17,20,23H,4-5,8-9,13-16,18H2,(H,27,30)/t23-/m1/s1. The molecule has 1 atom stereocenters. The highest BCUT2D eigenvalue weighted by Crippen LogP contribution is 2.31. The van der Waals surface area contributed by atoms with Crippen molar-refractivity contribution < 1.29 is 14.0 Å². The number of nitrogens with one attached hydrogen (secondary N) is 1. The van der Waals surface area contributed by atoms with Gasteiger partial charge in [-0.2, -0.15) is 0 Å². The molecular weight excluding hydrogens is 393 g/mol. The molecule has 1 aliphatic carbocycles. The molecule has 2 aliphatic rings. The van der Waals surface area contributed by atoms with Crippen molar-refractivity contribution in [2.75, 3.05) is 26.2 Å². The Morgan fingerprint density at radius 3 is 2.35 bits per heavy atom. The first-order valence-electron chi connectivity index (χ1n) is 11.2. The largest absolute Gasteiger partial charge is 0.351 e. The van der Waals surface area contributed by atoms with Gasteiger partial charge in [0.2, 0.25) is 5.91 Å². The van der Waals surface area contributed by atoms with E-state index in [1.54, 1.807) is 6.07 Å². The summed E-state index contributed by atoms with van der Waals surface area (Å²) in [4.78, 5) is 30.1. The Bertz CT molecular complexity index is 891. The summed E-state index contributed by atoms with van der Waals surface area (Å²) in [7, 11) is 0. The monoisotopic (exact) mass is 423 g/mol. The van der Waals surface area contributed by atoms with Crippen molar-refractivity contribution in [3.63, 3.8) is 0 Å². The Balaban J connectivity index is 1.39. The van der Waals surface area contributed by atoms with Gasteiger partial charge in [0.1, 0.15) is 5.82 Å². The van der Waals surface area contributed by atoms with Crippen molar-refractivity contribution in [1.82, 2.24) is 15.1 Å². The van der Waals surface area contributed by atoms with E-state index in [0.29, 0.717) is 44.2 Å². The van der Waals surface area contributed by atoms with Gasteiger partial charge in [-0.1, -0.05) is 43.2 Å². The lowest BCUT2D eigenvalue weighted by Gasteiger charge is -2.40. The van der Waals surface area contributed by atoms with Gasteiger partial charge in [0, 0.05) is 38.3 Å². The fourth-order valence-corrected chi connectivity index (χ4v) is 4.86. The van der Waals surface area contributed by atoms with Gasteiger partial charge in [-0.3, -0.25) is 14.5 Å². The second-order valence-electron chi connectivity index (χ2n) is 8.53. The Hall–Kier alpha value is -2.73. The van der Waals surface area contributed by atoms with E-state index in [1.165, 1.54) is 12.1 Å². The number of piperazine rings is 1. The summed E-state index contributed by atoms with van der Waals surface area (Å²) in [5.74, 6) is 0.106. The lowest BCUT2D eigenvalue weighted by atomic mass is 9.94. The first kappa shape index (κ1) is 21.5. The van der Waals surface area contributed by atoms with Gasteiger partial charge < -0.3 is 10.2 Å². The number of amides is 2. The maximum absolute atomic E-state index is 13.5. The van der Waals surface area contributed by atoms with Gasteiger partial charge in [0.25, 0.3) is 5.91 Å². The van der Waals surface area contributed by atoms with Crippen LogP contribution < -0.4 is 5.32 Å². The number of hydrogen-bond acceptors (Lipinski definition) is 3. The number of rotatable bonds is 6. The van der Waals surface area contributed by atoms with Crippen molar-refractivity contribution >= 4 is 11.8 Å². The molecule has 2 aromatic carbocycles. The molecule has 2 aromatic rings. The SMILES string of the molecule is O=C(NCc1cccc(F)c1)[C@@H](C1CCCC1)N1CCN(C(=O)c2ccccc2)CC1. The van der Waals surface area contributed by atoms with E-state index < -0.39 is 0 Å². The maximum atomic E-state index is 13.5. The summed E-state index contributed by atoms with van der Waals surface area (Å²) in [6.45, 7) is 2.94. The zero-order valence-corrected chi connectivity index (χ0v) is 17.8. The molecule has 1 heterocycles. The smallest absolute Gasteiger partial charge is 0.253 e. The van der Waals surface area contributed by atoms with Crippen LogP contribution in [-0.2, 0) is 11.3 Å². The number of nitrogens with zero attached hydrogens (tertiary/aromatic N) is 2. The fourth-order valence-electron chi connectivity index (χ4n) is 4.86. The quantitative estimate of drug-likeness (QED) is 0.774. The molecule has 164 valence electrons. The molecule has 6 heteroatoms. The van der Waals surface area contributed by atoms with Crippen LogP contribution in [0.2, 0.25) is 0 Å². The molecular formula is C25H30FN3O2. The van der Waals surface area contributed by atoms with Crippen molar-refractivity contribution in [3.8, 4) is 0 Å². The lowest BCUT2D eigenvalue weighted by molar-refractivity contribution is -0.129. The molecule has 1 N–H and O–H groups in total. The third kappa shape index (κ3) is 5.31. The number of benzene rings is 2. The lowest BCUT2D eigenvalue weighted by Crippen LogP contribution is -2.57. The topological polar surface area (TPSA) is 52.7 Å². The summed E-state index contributed by atoms with van der Waals surface area (Å²) in [5.41, 5.74) is 1.47. The summed E-state index contributed by atoms with van der Waals surface area (Å²) in [6, 6.07) is 15.5. The number of carbonyl (C=O) groups is 2. The Morgan fingerprint density at radius 2 is 1.68 bits per heavy atom. The van der Waals surface area contributed by atoms with E-state index in [0.717, 1.165) is 31.2 Å². The summed E-state index contributed by atoms with van der Waals surface area (Å²) < 4.78 is 13.5. The average Bonchev–Trinajstić information content (AvgIpc) is 3.33. The van der Waals surface area contributed by atoms with E-state index in [9.17, 15) is 14.0 Å². The fraction of sp³-hybridized carbons (Fsp3) is 0.440. The van der Waals surface area contributed by atoms with Crippen LogP contribution in [0.3, 0.4) is 0 Å². The predicted octanol–water partition coefficient (Wildman–Crippen LogP) is 3.46. The highest BCUT2D eigenvalue weighted by atomic mass is 19.1. The van der Waals surface area contributed by atoms with Crippen molar-refractivity contribution in [2.45, 2.75) is 38.3 Å². The van der Waals surface area contributed by atoms with Crippen LogP contribution in [0.4, 0.5) is 4.39 Å². The normalized spacial score (nSPS) is 18.7. The van der Waals surface area contributed by atoms with Crippen LogP contribution in [-0.4, -0.2) is 53.8 Å². The molecule has 2 amide bonds. The maximum Gasteiger partial charge on any atom is 0.253 e. The van der Waals surface area contributed by atoms with Crippen LogP contribution in [0.5, 0.6) is 0 Å². The van der Waals surface area contributed by atoms with E-state index in [2.05, 4.69) is 10.2 Å². The third-order valence-electron chi connectivity index (χ3n) is 6.49. The van der Waals surface area contributed by atoms with Gasteiger partial charge in [-0.05, 0) is 48.6 Å². The van der Waals surface area contributed by atoms with E-state index in [1.807, 2.05) is 41.3 Å². The molecule has 0 aromatic heterocycles. The van der Waals surface area contributed by atoms with Crippen LogP contribution >= 0.6 is 0 Å². The van der Waals surface area contributed by atoms with Crippen LogP contribution in [0.25, 0.3) is 0 Å². The van der Waals surface area contributed by atoms with Gasteiger partial charge in [0.05, 0.1) is 6.04 Å². The van der Waals surface area contributed by atoms with E-state index >= 15 is 0 Å². The van der Waals surface area contributed by atoms with Crippen LogP contribution in [0.1, 0.15) is 41.6 Å². The van der Waals surface area contributed by atoms with Gasteiger partial charge in [-0.25, -0.2) is 4.39 Å². The molecule has 5 nitrogen and oxygen atoms in total. The van der Waals surface area contributed by atoms with E-state index in [4.69, 9.17) is 0 Å². The molecule has 31 heavy (non-hydrogen) atoms. The minimum atomic E-state index is -0.293. The van der Waals surface area contributed by atoms with Gasteiger partial charge >= 0.3 is 0 Å². The van der Waals surface area contributed by atoms with Gasteiger partial charge in [-0.15, -0.1) is 0 Å². The van der Waals surface area contributed by atoms with Crippen LogP contribution in [0.15, 0.2) is 54.6 Å². The molecule has 4 rings (SSSR count). The Morgan fingerprint density at radius 1 is 0.968 bits per heavy atom. The van der Waals surface area contributed by atoms with Crippen molar-refractivity contribution in [2.24, 2.45) is 5.92 Å². The van der Waals surface area contributed by atoms with E-state index in [-0.39, 0.29) is 23.7 Å². The number of hydrogen-bond donors (Lipinski definition) is 1. The molecule has 0 radical (unpaired) electrons. The van der Waals surface area contributed by atoms with Gasteiger partial charge in [0.15, 0.2) is 0 Å². The highest BCUT2D eigenvalue weighted by molar-refractivity contribution is 5.94. The molecule has 0 unspecified atom stereocenters. The molecule has 2 fully saturated rings. The molecule has 0 bridgehead atoms. The Labute approximate surface area is 183 Å². The summed E-state index contributed by atoms with van der Waals surface area (Å²) in [5, 5.41) is 3.03. The molecule has 1 aliphatic heterocycles. The van der Waals surface area contributed by atoms with Crippen molar-refractivity contribution in [3.05, 3.63) is 71.5 Å². The molecule has 1 saturated heterocycles. The second-order valence-corrected chi connectivity index (χ2v) is 8.53. The zero-order chi connectivity index (χ0) is 21.6. The molecule has 0 spiro atoms. The Kier molecular flexibility index (Phi) is 6.97. The third-order valence-corrected chi connectivity index (χ3v) is 6.49. The van der Waals surface area contributed by atoms with Crippen molar-refractivity contribution in [1.29, 1.82) is 0 Å². The summed E-state index contributed by atoms with van der Waals surface area (Å²) >= 11 is 0. The van der Waals surface area contributed by atoms with Crippen LogP contribution in [0, 0.1) is 11.7 Å². The first-order valence-corrected chi connectivity index (χ1v) is 11.2.